The number of nitriles is 1. The molecule has 31 heavy (non-hydrogen) atoms. The molecule has 2 heterocycles. The molecule has 0 radical (unpaired) electrons. The van der Waals surface area contributed by atoms with Crippen LogP contribution < -0.4 is 27.3 Å². The average Bonchev–Trinajstić information content (AvgIpc) is 3.67. The highest BCUT2D eigenvalue weighted by atomic mass is 19.1. The average molecular weight is 424 g/mol. The van der Waals surface area contributed by atoms with Crippen molar-refractivity contribution >= 4 is 16.6 Å². The molecule has 1 aromatic carbocycles. The number of allylic oxidation sites excluding steroid dienone is 1. The Kier molecular flexibility index (Phi) is 4.36. The molecular weight excluding hydrogens is 399 g/mol. The fourth-order valence-corrected chi connectivity index (χ4v) is 5.18. The Bertz CT molecular complexity index is 1260. The van der Waals surface area contributed by atoms with Gasteiger partial charge in [-0.25, -0.2) is 9.18 Å². The zero-order chi connectivity index (χ0) is 21.9. The molecule has 0 bridgehead atoms. The fourth-order valence-electron chi connectivity index (χ4n) is 5.18. The van der Waals surface area contributed by atoms with E-state index in [0.717, 1.165) is 32.1 Å². The van der Waals surface area contributed by atoms with Crippen molar-refractivity contribution in [2.24, 2.45) is 5.92 Å². The largest absolute Gasteiger partial charge is 0.385 e. The van der Waals surface area contributed by atoms with E-state index in [-0.39, 0.29) is 17.0 Å². The molecule has 2 aliphatic carbocycles. The number of rotatable bonds is 5. The summed E-state index contributed by atoms with van der Waals surface area (Å²) < 4.78 is 17.5. The van der Waals surface area contributed by atoms with Crippen LogP contribution in [0.15, 0.2) is 27.9 Å². The van der Waals surface area contributed by atoms with Crippen LogP contribution in [-0.4, -0.2) is 27.9 Å². The minimum atomic E-state index is -0.671. The normalized spacial score (nSPS) is 22.2. The Morgan fingerprint density at radius 1 is 1.32 bits per heavy atom. The molecule has 3 fully saturated rings. The number of halogens is 1. The van der Waals surface area contributed by atoms with Crippen molar-refractivity contribution in [2.75, 3.05) is 23.8 Å². The Labute approximate surface area is 178 Å². The minimum absolute atomic E-state index is 0.000377. The topological polar surface area (TPSA) is 109 Å². The second kappa shape index (κ2) is 6.87. The number of hydrogen-bond acceptors (Lipinski definition) is 6. The molecule has 5 rings (SSSR count). The molecule has 1 aliphatic heterocycles. The second-order valence-electron chi connectivity index (χ2n) is 8.98. The van der Waals surface area contributed by atoms with Gasteiger partial charge in [0.25, 0.3) is 5.56 Å². The van der Waals surface area contributed by atoms with Gasteiger partial charge in [0.05, 0.1) is 22.7 Å². The Hall–Kier alpha value is -3.28. The Morgan fingerprint density at radius 3 is 2.71 bits per heavy atom. The van der Waals surface area contributed by atoms with Gasteiger partial charge in [-0.3, -0.25) is 9.36 Å². The van der Waals surface area contributed by atoms with Crippen LogP contribution in [0.1, 0.15) is 43.7 Å². The number of nitrogens with two attached hydrogens (primary N) is 1. The van der Waals surface area contributed by atoms with Gasteiger partial charge in [-0.1, -0.05) is 0 Å². The maximum atomic E-state index is 15.3. The van der Waals surface area contributed by atoms with E-state index in [1.807, 2.05) is 11.0 Å². The summed E-state index contributed by atoms with van der Waals surface area (Å²) in [5, 5.41) is 12.2. The van der Waals surface area contributed by atoms with Crippen molar-refractivity contribution in [3.63, 3.8) is 0 Å². The van der Waals surface area contributed by atoms with Crippen LogP contribution in [0.5, 0.6) is 0 Å². The van der Waals surface area contributed by atoms with Gasteiger partial charge in [-0.2, -0.15) is 9.94 Å². The van der Waals surface area contributed by atoms with Crippen molar-refractivity contribution in [1.82, 2.24) is 14.6 Å². The molecule has 8 nitrogen and oxygen atoms in total. The van der Waals surface area contributed by atoms with Gasteiger partial charge in [0.1, 0.15) is 5.82 Å². The number of nitrogens with one attached hydrogen (secondary N) is 1. The summed E-state index contributed by atoms with van der Waals surface area (Å²) >= 11 is 0. The summed E-state index contributed by atoms with van der Waals surface area (Å²) in [6, 6.07) is 3.22. The van der Waals surface area contributed by atoms with Gasteiger partial charge >= 0.3 is 5.69 Å². The number of benzene rings is 1. The molecular formula is C22H25FN6O2. The molecule has 0 spiro atoms. The predicted octanol–water partition coefficient (Wildman–Crippen LogP) is 1.65. The number of anilines is 1. The first-order valence-electron chi connectivity index (χ1n) is 10.7. The van der Waals surface area contributed by atoms with Crippen molar-refractivity contribution in [2.45, 2.75) is 50.6 Å². The number of nitrogen functional groups attached to an aromatic ring is 1. The number of hydrogen-bond donors (Lipinski definition) is 2. The summed E-state index contributed by atoms with van der Waals surface area (Å²) in [6.45, 7) is 3.16. The lowest BCUT2D eigenvalue weighted by molar-refractivity contribution is 0.393. The summed E-state index contributed by atoms with van der Waals surface area (Å²) in [4.78, 5) is 27.4. The molecule has 3 N–H and O–H groups in total. The van der Waals surface area contributed by atoms with Crippen LogP contribution in [0.2, 0.25) is 0 Å². The lowest BCUT2D eigenvalue weighted by Crippen LogP contribution is -2.44. The number of nitrogens with zero attached hydrogens (tertiary/aromatic N) is 4. The molecule has 2 saturated carbocycles. The summed E-state index contributed by atoms with van der Waals surface area (Å²) in [6.07, 6.45) is 7.77. The van der Waals surface area contributed by atoms with E-state index < -0.39 is 17.1 Å². The van der Waals surface area contributed by atoms with Gasteiger partial charge in [0.2, 0.25) is 0 Å². The second-order valence-corrected chi connectivity index (χ2v) is 8.98. The zero-order valence-corrected chi connectivity index (χ0v) is 17.4. The van der Waals surface area contributed by atoms with Gasteiger partial charge in [0.15, 0.2) is 0 Å². The number of aromatic nitrogens is 2. The maximum absolute atomic E-state index is 15.3. The highest BCUT2D eigenvalue weighted by Crippen LogP contribution is 2.47. The first-order valence-corrected chi connectivity index (χ1v) is 10.7. The standard InChI is InChI=1S/C22H25FN6O2/c1-13-18-16(20(30)29(25)21(31)28(18)15-3-4-15)11-17(23)19(13)27-10-5-14(12-27)22(6-7-22)26-9-2-8-24/h2,9,11,14-15,26H,3-7,10,12,25H2,1H3/b9-2+. The molecule has 3 aliphatic rings. The van der Waals surface area contributed by atoms with Crippen LogP contribution in [0, 0.1) is 30.0 Å². The molecule has 1 aromatic heterocycles. The molecule has 1 unspecified atom stereocenters. The number of fused-ring (bicyclic) bond motifs is 1. The van der Waals surface area contributed by atoms with Crippen LogP contribution >= 0.6 is 0 Å². The predicted molar refractivity (Wildman–Crippen MR) is 116 cm³/mol. The maximum Gasteiger partial charge on any atom is 0.350 e. The smallest absolute Gasteiger partial charge is 0.350 e. The van der Waals surface area contributed by atoms with Crippen molar-refractivity contribution < 1.29 is 4.39 Å². The van der Waals surface area contributed by atoms with E-state index >= 15 is 4.39 Å². The molecule has 2 aromatic rings. The quantitative estimate of drug-likeness (QED) is 0.558. The lowest BCUT2D eigenvalue weighted by Gasteiger charge is -2.26. The van der Waals surface area contributed by atoms with Crippen LogP contribution in [0.3, 0.4) is 0 Å². The summed E-state index contributed by atoms with van der Waals surface area (Å²) in [7, 11) is 0. The summed E-state index contributed by atoms with van der Waals surface area (Å²) in [5.41, 5.74) is 0.309. The van der Waals surface area contributed by atoms with E-state index in [0.29, 0.717) is 40.5 Å². The van der Waals surface area contributed by atoms with Gasteiger partial charge in [-0.05, 0) is 45.1 Å². The van der Waals surface area contributed by atoms with E-state index in [1.54, 1.807) is 17.7 Å². The monoisotopic (exact) mass is 424 g/mol. The van der Waals surface area contributed by atoms with Crippen molar-refractivity contribution in [1.29, 1.82) is 5.26 Å². The first kappa shape index (κ1) is 19.7. The first-order chi connectivity index (χ1) is 14.9. The van der Waals surface area contributed by atoms with Crippen LogP contribution in [-0.2, 0) is 0 Å². The third-order valence-corrected chi connectivity index (χ3v) is 7.08. The van der Waals surface area contributed by atoms with Crippen LogP contribution in [0.25, 0.3) is 10.9 Å². The molecule has 0 amide bonds. The lowest BCUT2D eigenvalue weighted by atomic mass is 9.96. The van der Waals surface area contributed by atoms with Gasteiger partial charge in [0, 0.05) is 48.4 Å². The SMILES string of the molecule is Cc1c(N2CCC(C3(N/C=C/C#N)CC3)C2)c(F)cc2c(=O)n(N)c(=O)n(C3CC3)c12. The minimum Gasteiger partial charge on any atom is -0.385 e. The molecule has 9 heteroatoms. The third kappa shape index (κ3) is 3.00. The molecule has 1 saturated heterocycles. The molecule has 162 valence electrons. The molecule has 1 atom stereocenters. The van der Waals surface area contributed by atoms with E-state index in [4.69, 9.17) is 11.1 Å². The van der Waals surface area contributed by atoms with E-state index in [1.165, 1.54) is 12.1 Å². The van der Waals surface area contributed by atoms with Crippen LogP contribution in [0.4, 0.5) is 10.1 Å². The highest BCUT2D eigenvalue weighted by Gasteiger charge is 2.51. The fraction of sp³-hybridized carbons (Fsp3) is 0.500. The van der Waals surface area contributed by atoms with E-state index in [9.17, 15) is 9.59 Å². The Morgan fingerprint density at radius 2 is 2.06 bits per heavy atom. The zero-order valence-electron chi connectivity index (χ0n) is 17.4. The third-order valence-electron chi connectivity index (χ3n) is 7.08. The van der Waals surface area contributed by atoms with Gasteiger partial charge in [-0.15, -0.1) is 0 Å². The van der Waals surface area contributed by atoms with Crippen molar-refractivity contribution in [3.8, 4) is 6.07 Å². The Balaban J connectivity index is 1.56. The number of aryl methyl sites for hydroxylation is 1. The van der Waals surface area contributed by atoms with Crippen molar-refractivity contribution in [3.05, 3.63) is 50.6 Å². The van der Waals surface area contributed by atoms with E-state index in [2.05, 4.69) is 5.32 Å². The van der Waals surface area contributed by atoms with Gasteiger partial charge < -0.3 is 16.1 Å². The summed E-state index contributed by atoms with van der Waals surface area (Å²) in [5.74, 6) is 5.56. The highest BCUT2D eigenvalue weighted by molar-refractivity contribution is 5.87.